The number of fused-ring (bicyclic) bond motifs is 3. The van der Waals surface area contributed by atoms with Crippen LogP contribution in [0.25, 0.3) is 5.69 Å². The molecule has 2 aliphatic heterocycles. The number of anilines is 3. The van der Waals surface area contributed by atoms with Gasteiger partial charge in [-0.3, -0.25) is 0 Å². The summed E-state index contributed by atoms with van der Waals surface area (Å²) in [6.45, 7) is 3.70. The first-order valence-corrected chi connectivity index (χ1v) is 9.44. The normalized spacial score (nSPS) is 17.0. The average molecular weight is 394 g/mol. The number of benzene rings is 1. The fourth-order valence-corrected chi connectivity index (χ4v) is 3.85. The highest BCUT2D eigenvalue weighted by atomic mass is 16.5. The van der Waals surface area contributed by atoms with Crippen LogP contribution in [0.2, 0.25) is 0 Å². The molecule has 0 bridgehead atoms. The predicted octanol–water partition coefficient (Wildman–Crippen LogP) is 3.72. The number of nitrogens with one attached hydrogen (secondary N) is 1. The van der Waals surface area contributed by atoms with Crippen LogP contribution in [-0.4, -0.2) is 45.8 Å². The third-order valence-corrected chi connectivity index (χ3v) is 5.24. The maximum atomic E-state index is 5.82. The Kier molecular flexibility index (Phi) is 5.00. The Labute approximate surface area is 170 Å². The quantitative estimate of drug-likeness (QED) is 0.722. The van der Waals surface area contributed by atoms with Crippen LogP contribution in [0.3, 0.4) is 0 Å². The molecule has 4 heterocycles. The van der Waals surface area contributed by atoms with E-state index >= 15 is 0 Å². The van der Waals surface area contributed by atoms with E-state index in [1.165, 1.54) is 6.42 Å². The minimum atomic E-state index is 0. The van der Waals surface area contributed by atoms with Crippen molar-refractivity contribution in [1.82, 2.24) is 19.5 Å². The predicted molar refractivity (Wildman–Crippen MR) is 113 cm³/mol. The van der Waals surface area contributed by atoms with E-state index in [2.05, 4.69) is 20.2 Å². The Bertz CT molecular complexity index is 1020. The van der Waals surface area contributed by atoms with E-state index in [4.69, 9.17) is 14.5 Å². The van der Waals surface area contributed by atoms with Crippen LogP contribution in [0.1, 0.15) is 26.0 Å². The van der Waals surface area contributed by atoms with E-state index in [-0.39, 0.29) is 7.43 Å². The van der Waals surface area contributed by atoms with Crippen molar-refractivity contribution in [2.45, 2.75) is 33.2 Å². The zero-order valence-electron chi connectivity index (χ0n) is 15.9. The minimum absolute atomic E-state index is 0. The molecule has 5 rings (SSSR count). The Morgan fingerprint density at radius 1 is 1.28 bits per heavy atom. The number of hydrogen-bond donors (Lipinski definition) is 1. The summed E-state index contributed by atoms with van der Waals surface area (Å²) in [7, 11) is 1.66. The maximum Gasteiger partial charge on any atom is 0.229 e. The van der Waals surface area contributed by atoms with Crippen LogP contribution in [0.5, 0.6) is 11.5 Å². The zero-order chi connectivity index (χ0) is 19.1. The first-order chi connectivity index (χ1) is 13.7. The molecule has 1 atom stereocenters. The largest absolute Gasteiger partial charge is 0.494 e. The van der Waals surface area contributed by atoms with Crippen molar-refractivity contribution < 1.29 is 9.47 Å². The second kappa shape index (κ2) is 7.62. The van der Waals surface area contributed by atoms with Gasteiger partial charge in [-0.1, -0.05) is 7.43 Å². The maximum absolute atomic E-state index is 5.82. The lowest BCUT2D eigenvalue weighted by Crippen LogP contribution is -2.38. The highest BCUT2D eigenvalue weighted by Gasteiger charge is 2.33. The van der Waals surface area contributed by atoms with Crippen molar-refractivity contribution in [3.8, 4) is 17.2 Å². The van der Waals surface area contributed by atoms with Crippen molar-refractivity contribution in [3.63, 3.8) is 0 Å². The summed E-state index contributed by atoms with van der Waals surface area (Å²) in [6.07, 6.45) is 7.81. The second-order valence-corrected chi connectivity index (χ2v) is 7.12. The molecule has 8 heteroatoms. The van der Waals surface area contributed by atoms with Crippen molar-refractivity contribution in [2.75, 3.05) is 30.5 Å². The molecule has 1 saturated heterocycles. The van der Waals surface area contributed by atoms with Gasteiger partial charge in [0.25, 0.3) is 0 Å². The van der Waals surface area contributed by atoms with Crippen LogP contribution in [-0.2, 0) is 0 Å². The van der Waals surface area contributed by atoms with Crippen molar-refractivity contribution >= 4 is 17.5 Å². The van der Waals surface area contributed by atoms with E-state index in [1.54, 1.807) is 19.6 Å². The number of aryl methyl sites for hydroxylation is 1. The van der Waals surface area contributed by atoms with Crippen molar-refractivity contribution in [1.29, 1.82) is 0 Å². The van der Waals surface area contributed by atoms with Crippen molar-refractivity contribution in [2.24, 2.45) is 0 Å². The third kappa shape index (κ3) is 3.46. The SMILES string of the molecule is C.COc1cc(Nc2ncc3c(n2)N2CCCC2CO3)ccc1-n1cnc(C)c1. The molecule has 0 amide bonds. The van der Waals surface area contributed by atoms with Gasteiger partial charge in [0.1, 0.15) is 12.4 Å². The Morgan fingerprint density at radius 2 is 2.17 bits per heavy atom. The van der Waals surface area contributed by atoms with Crippen molar-refractivity contribution in [3.05, 3.63) is 42.6 Å². The molecule has 152 valence electrons. The van der Waals surface area contributed by atoms with Gasteiger partial charge in [0, 0.05) is 24.5 Å². The van der Waals surface area contributed by atoms with E-state index in [9.17, 15) is 0 Å². The topological polar surface area (TPSA) is 77.3 Å². The van der Waals surface area contributed by atoms with Gasteiger partial charge in [0.2, 0.25) is 5.95 Å². The first kappa shape index (κ1) is 19.0. The first-order valence-electron chi connectivity index (χ1n) is 9.44. The monoisotopic (exact) mass is 394 g/mol. The Morgan fingerprint density at radius 3 is 2.97 bits per heavy atom. The lowest BCUT2D eigenvalue weighted by molar-refractivity contribution is 0.268. The molecule has 2 aliphatic rings. The molecule has 0 radical (unpaired) electrons. The van der Waals surface area contributed by atoms with Crippen LogP contribution < -0.4 is 19.7 Å². The number of methoxy groups -OCH3 is 1. The summed E-state index contributed by atoms with van der Waals surface area (Å²) in [6, 6.07) is 6.32. The van der Waals surface area contributed by atoms with Gasteiger partial charge in [-0.05, 0) is 31.9 Å². The van der Waals surface area contributed by atoms with Gasteiger partial charge in [0.15, 0.2) is 11.6 Å². The molecule has 8 nitrogen and oxygen atoms in total. The molecule has 0 saturated carbocycles. The van der Waals surface area contributed by atoms with Gasteiger partial charge < -0.3 is 24.3 Å². The minimum Gasteiger partial charge on any atom is -0.494 e. The molecule has 1 fully saturated rings. The number of ether oxygens (including phenoxy) is 2. The number of nitrogens with zero attached hydrogens (tertiary/aromatic N) is 5. The highest BCUT2D eigenvalue weighted by Crippen LogP contribution is 2.37. The summed E-state index contributed by atoms with van der Waals surface area (Å²) >= 11 is 0. The summed E-state index contributed by atoms with van der Waals surface area (Å²) < 4.78 is 13.3. The number of hydrogen-bond acceptors (Lipinski definition) is 7. The molecule has 1 unspecified atom stereocenters. The summed E-state index contributed by atoms with van der Waals surface area (Å²) in [5.41, 5.74) is 2.73. The summed E-state index contributed by atoms with van der Waals surface area (Å²) in [5.74, 6) is 2.92. The molecule has 0 aliphatic carbocycles. The Hall–Kier alpha value is -3.29. The fourth-order valence-electron chi connectivity index (χ4n) is 3.85. The molecule has 29 heavy (non-hydrogen) atoms. The van der Waals surface area contributed by atoms with Gasteiger partial charge in [-0.2, -0.15) is 4.98 Å². The van der Waals surface area contributed by atoms with E-state index in [1.807, 2.05) is 35.9 Å². The molecular formula is C21H26N6O2. The summed E-state index contributed by atoms with van der Waals surface area (Å²) in [5, 5.41) is 3.28. The number of aromatic nitrogens is 4. The molecule has 1 N–H and O–H groups in total. The standard InChI is InChI=1S/C20H22N6O2.CH4/c1-13-10-25(12-22-13)16-6-5-14(8-17(16)27-2)23-20-21-9-18-19(24-20)26-7-3-4-15(26)11-28-18;/h5-6,8-10,12,15H,3-4,7,11H2,1-2H3,(H,21,23,24);1H4. The van der Waals surface area contributed by atoms with Crippen LogP contribution in [0.4, 0.5) is 17.5 Å². The number of rotatable bonds is 4. The van der Waals surface area contributed by atoms with Crippen LogP contribution in [0, 0.1) is 6.92 Å². The average Bonchev–Trinajstić information content (AvgIpc) is 3.37. The van der Waals surface area contributed by atoms with Gasteiger partial charge in [0.05, 0.1) is 37.1 Å². The fraction of sp³-hybridized carbons (Fsp3) is 0.381. The summed E-state index contributed by atoms with van der Waals surface area (Å²) in [4.78, 5) is 15.7. The smallest absolute Gasteiger partial charge is 0.229 e. The Balaban J connectivity index is 0.00000205. The highest BCUT2D eigenvalue weighted by molar-refractivity contribution is 5.64. The van der Waals surface area contributed by atoms with E-state index in [0.29, 0.717) is 12.0 Å². The zero-order valence-corrected chi connectivity index (χ0v) is 15.9. The van der Waals surface area contributed by atoms with Gasteiger partial charge >= 0.3 is 0 Å². The third-order valence-electron chi connectivity index (χ3n) is 5.24. The second-order valence-electron chi connectivity index (χ2n) is 7.12. The van der Waals surface area contributed by atoms with Crippen LogP contribution in [0.15, 0.2) is 36.9 Å². The van der Waals surface area contributed by atoms with E-state index in [0.717, 1.165) is 54.0 Å². The van der Waals surface area contributed by atoms with Gasteiger partial charge in [-0.25, -0.2) is 9.97 Å². The molecule has 0 spiro atoms. The number of imidazole rings is 1. The molecule has 1 aromatic carbocycles. The van der Waals surface area contributed by atoms with Crippen LogP contribution >= 0.6 is 0 Å². The molecule has 3 aromatic rings. The molecular weight excluding hydrogens is 368 g/mol. The molecule has 2 aromatic heterocycles. The lowest BCUT2D eigenvalue weighted by Gasteiger charge is -2.32. The van der Waals surface area contributed by atoms with Gasteiger partial charge in [-0.15, -0.1) is 0 Å². The van der Waals surface area contributed by atoms with E-state index < -0.39 is 0 Å². The lowest BCUT2D eigenvalue weighted by atomic mass is 10.2.